The maximum absolute atomic E-state index is 13.3. The molecule has 0 unspecified atom stereocenters. The Bertz CT molecular complexity index is 1300. The molecule has 2 aromatic heterocycles. The second-order valence-corrected chi connectivity index (χ2v) is 6.24. The number of aliphatic imine (C=N–C) groups is 1. The van der Waals surface area contributed by atoms with E-state index in [0.717, 1.165) is 11.7 Å². The molecule has 30 heavy (non-hydrogen) atoms. The Morgan fingerprint density at radius 2 is 2.07 bits per heavy atom. The highest BCUT2D eigenvalue weighted by Gasteiger charge is 2.23. The minimum Gasteiger partial charge on any atom is -0.494 e. The average molecular weight is 400 g/mol. The van der Waals surface area contributed by atoms with Gasteiger partial charge in [0.05, 0.1) is 30.1 Å². The molecule has 0 radical (unpaired) electrons. The number of hydrogen-bond acceptors (Lipinski definition) is 6. The predicted octanol–water partition coefficient (Wildman–Crippen LogP) is 3.59. The molecule has 0 spiro atoms. The van der Waals surface area contributed by atoms with Gasteiger partial charge in [-0.1, -0.05) is 6.07 Å². The summed E-state index contributed by atoms with van der Waals surface area (Å²) in [6.45, 7) is 1.77. The fraction of sp³-hybridized carbons (Fsp3) is 0.0909. The number of ether oxygens (including phenoxy) is 1. The number of benzene rings is 1. The van der Waals surface area contributed by atoms with Crippen molar-refractivity contribution in [2.45, 2.75) is 6.92 Å². The zero-order valence-corrected chi connectivity index (χ0v) is 16.1. The van der Waals surface area contributed by atoms with Gasteiger partial charge in [-0.05, 0) is 43.1 Å². The van der Waals surface area contributed by atoms with Crippen molar-refractivity contribution in [3.05, 3.63) is 70.6 Å². The van der Waals surface area contributed by atoms with Crippen molar-refractivity contribution < 1.29 is 19.4 Å². The van der Waals surface area contributed by atoms with Gasteiger partial charge in [-0.25, -0.2) is 4.79 Å². The molecule has 0 atom stereocenters. The van der Waals surface area contributed by atoms with Crippen LogP contribution < -0.4 is 4.74 Å². The summed E-state index contributed by atoms with van der Waals surface area (Å²) >= 11 is 0. The van der Waals surface area contributed by atoms with E-state index in [-0.39, 0.29) is 28.2 Å². The monoisotopic (exact) mass is 400 g/mol. The van der Waals surface area contributed by atoms with E-state index in [4.69, 9.17) is 15.4 Å². The topological polar surface area (TPSA) is 128 Å². The molecule has 148 valence electrons. The number of carbonyl (C=O) groups is 2. The van der Waals surface area contributed by atoms with Crippen molar-refractivity contribution in [2.24, 2.45) is 4.99 Å². The van der Waals surface area contributed by atoms with Crippen LogP contribution in [0.3, 0.4) is 0 Å². The number of aromatic carboxylic acids is 1. The summed E-state index contributed by atoms with van der Waals surface area (Å²) in [7, 11) is 1.52. The fourth-order valence-electron chi connectivity index (χ4n) is 3.16. The third-order valence-electron chi connectivity index (χ3n) is 4.53. The Balaban J connectivity index is 2.13. The summed E-state index contributed by atoms with van der Waals surface area (Å²) in [6, 6.07) is 11.2. The van der Waals surface area contributed by atoms with Gasteiger partial charge in [-0.15, -0.1) is 0 Å². The molecular weight excluding hydrogens is 384 g/mol. The lowest BCUT2D eigenvalue weighted by molar-refractivity contribution is 0.0698. The molecule has 0 aliphatic heterocycles. The SMILES string of the molecule is COc1c(C)c(C(=O)c2ccc(N=CC(=C=N)C#N)c(C(=O)O)c2)n2ccccc12. The maximum Gasteiger partial charge on any atom is 0.337 e. The zero-order chi connectivity index (χ0) is 21.8. The van der Waals surface area contributed by atoms with Crippen LogP contribution in [-0.2, 0) is 0 Å². The first-order valence-corrected chi connectivity index (χ1v) is 8.72. The van der Waals surface area contributed by atoms with Crippen molar-refractivity contribution in [3.8, 4) is 11.8 Å². The number of pyridine rings is 1. The minimum atomic E-state index is -1.27. The number of rotatable bonds is 6. The van der Waals surface area contributed by atoms with Gasteiger partial charge in [0, 0.05) is 17.3 Å². The third-order valence-corrected chi connectivity index (χ3v) is 4.53. The molecule has 0 amide bonds. The molecule has 1 aromatic carbocycles. The van der Waals surface area contributed by atoms with E-state index >= 15 is 0 Å². The van der Waals surface area contributed by atoms with E-state index in [0.29, 0.717) is 17.0 Å². The van der Waals surface area contributed by atoms with Crippen LogP contribution in [-0.4, -0.2) is 40.5 Å². The molecule has 8 heteroatoms. The predicted molar refractivity (Wildman–Crippen MR) is 111 cm³/mol. The highest BCUT2D eigenvalue weighted by molar-refractivity contribution is 6.12. The Morgan fingerprint density at radius 3 is 2.70 bits per heavy atom. The lowest BCUT2D eigenvalue weighted by atomic mass is 10.0. The van der Waals surface area contributed by atoms with Crippen molar-refractivity contribution in [3.63, 3.8) is 0 Å². The number of hydrogen-bond donors (Lipinski definition) is 2. The van der Waals surface area contributed by atoms with Gasteiger partial charge in [-0.2, -0.15) is 5.26 Å². The first-order chi connectivity index (χ1) is 14.4. The molecule has 0 aliphatic carbocycles. The lowest BCUT2D eigenvalue weighted by Gasteiger charge is -2.07. The molecule has 2 heterocycles. The van der Waals surface area contributed by atoms with Crippen molar-refractivity contribution in [2.75, 3.05) is 7.11 Å². The van der Waals surface area contributed by atoms with Crippen LogP contribution in [0.2, 0.25) is 0 Å². The summed E-state index contributed by atoms with van der Waals surface area (Å²) in [5, 5.41) is 25.4. The number of ketones is 1. The number of carboxylic acid groups (broad SMARTS) is 1. The molecule has 2 N–H and O–H groups in total. The van der Waals surface area contributed by atoms with E-state index in [1.54, 1.807) is 29.7 Å². The Hall–Kier alpha value is -4.47. The van der Waals surface area contributed by atoms with Crippen LogP contribution in [0, 0.1) is 23.7 Å². The van der Waals surface area contributed by atoms with E-state index in [2.05, 4.69) is 4.99 Å². The van der Waals surface area contributed by atoms with Crippen molar-refractivity contribution >= 4 is 35.0 Å². The average Bonchev–Trinajstić information content (AvgIpc) is 3.04. The Kier molecular flexibility index (Phi) is 5.59. The third kappa shape index (κ3) is 3.49. The summed E-state index contributed by atoms with van der Waals surface area (Å²) in [4.78, 5) is 28.9. The smallest absolute Gasteiger partial charge is 0.337 e. The highest BCUT2D eigenvalue weighted by atomic mass is 16.5. The van der Waals surface area contributed by atoms with Gasteiger partial charge in [0.25, 0.3) is 0 Å². The molecule has 0 saturated heterocycles. The normalized spacial score (nSPS) is 10.6. The number of nitrogens with zero attached hydrogens (tertiary/aromatic N) is 3. The number of carbonyl (C=O) groups excluding carboxylic acids is 1. The maximum atomic E-state index is 13.3. The largest absolute Gasteiger partial charge is 0.494 e. The van der Waals surface area contributed by atoms with Crippen LogP contribution in [0.25, 0.3) is 5.52 Å². The van der Waals surface area contributed by atoms with Crippen LogP contribution in [0.15, 0.2) is 53.2 Å². The summed E-state index contributed by atoms with van der Waals surface area (Å²) in [5.74, 6) is 0.820. The summed E-state index contributed by atoms with van der Waals surface area (Å²) in [5.41, 5.74) is 1.59. The molecule has 0 aliphatic rings. The van der Waals surface area contributed by atoms with Gasteiger partial charge < -0.3 is 14.2 Å². The second-order valence-electron chi connectivity index (χ2n) is 6.24. The van der Waals surface area contributed by atoms with Crippen molar-refractivity contribution in [1.82, 2.24) is 4.40 Å². The molecule has 0 saturated carbocycles. The van der Waals surface area contributed by atoms with Gasteiger partial charge in [-0.3, -0.25) is 15.2 Å². The van der Waals surface area contributed by atoms with Crippen LogP contribution >= 0.6 is 0 Å². The first-order valence-electron chi connectivity index (χ1n) is 8.72. The number of allylic oxidation sites excluding steroid dienone is 1. The number of aromatic nitrogens is 1. The Morgan fingerprint density at radius 1 is 1.30 bits per heavy atom. The summed E-state index contributed by atoms with van der Waals surface area (Å²) in [6.07, 6.45) is 2.79. The van der Waals surface area contributed by atoms with Crippen LogP contribution in [0.1, 0.15) is 32.0 Å². The molecule has 8 nitrogen and oxygen atoms in total. The molecule has 3 aromatic rings. The van der Waals surface area contributed by atoms with Gasteiger partial charge in [0.15, 0.2) is 0 Å². The van der Waals surface area contributed by atoms with Crippen LogP contribution in [0.4, 0.5) is 5.69 Å². The number of nitriles is 1. The number of methoxy groups -OCH3 is 1. The molecular formula is C22H16N4O4. The standard InChI is InChI=1S/C22H16N4O4/c1-13-19(26-8-4-3-5-18(26)21(13)30-2)20(27)15-6-7-17(16(9-15)22(28)29)25-12-14(10-23)11-24/h3-9,12,23H,1-2H3,(H,28,29). The van der Waals surface area contributed by atoms with Gasteiger partial charge in [0.1, 0.15) is 23.1 Å². The van der Waals surface area contributed by atoms with E-state index < -0.39 is 5.97 Å². The molecule has 0 fully saturated rings. The number of nitrogens with one attached hydrogen (secondary N) is 1. The number of fused-ring (bicyclic) bond motifs is 1. The summed E-state index contributed by atoms with van der Waals surface area (Å²) < 4.78 is 7.15. The van der Waals surface area contributed by atoms with E-state index in [1.165, 1.54) is 25.3 Å². The first kappa shape index (κ1) is 20.3. The highest BCUT2D eigenvalue weighted by Crippen LogP contribution is 2.32. The molecule has 0 bridgehead atoms. The quantitative estimate of drug-likeness (QED) is 0.371. The molecule has 3 rings (SSSR count). The Labute approximate surface area is 171 Å². The minimum absolute atomic E-state index is 0.0522. The van der Waals surface area contributed by atoms with Gasteiger partial charge >= 0.3 is 5.97 Å². The second kappa shape index (κ2) is 8.27. The zero-order valence-electron chi connectivity index (χ0n) is 16.1. The van der Waals surface area contributed by atoms with Crippen molar-refractivity contribution in [1.29, 1.82) is 10.7 Å². The fourth-order valence-corrected chi connectivity index (χ4v) is 3.16. The van der Waals surface area contributed by atoms with Gasteiger partial charge in [0.2, 0.25) is 5.78 Å². The van der Waals surface area contributed by atoms with E-state index in [9.17, 15) is 14.7 Å². The van der Waals surface area contributed by atoms with E-state index in [1.807, 2.05) is 18.0 Å². The lowest BCUT2D eigenvalue weighted by Crippen LogP contribution is -2.08. The van der Waals surface area contributed by atoms with Crippen LogP contribution in [0.5, 0.6) is 5.75 Å². The number of carboxylic acids is 1.